The molecule has 25 heavy (non-hydrogen) atoms. The number of nitrogens with zero attached hydrogens (tertiary/aromatic N) is 1. The maximum atomic E-state index is 11.5. The number of aromatic nitrogens is 1. The summed E-state index contributed by atoms with van der Waals surface area (Å²) < 4.78 is 10.7. The molecule has 5 rings (SSSR count). The fourth-order valence-electron chi connectivity index (χ4n) is 2.95. The van der Waals surface area contributed by atoms with Crippen LogP contribution in [0.1, 0.15) is 5.56 Å². The molecule has 3 heterocycles. The number of hydrogen-bond donors (Lipinski definition) is 2. The average molecular weight is 351 g/mol. The zero-order valence-corrected chi connectivity index (χ0v) is 13.9. The highest BCUT2D eigenvalue weighted by atomic mass is 32.1. The lowest BCUT2D eigenvalue weighted by atomic mass is 10.1. The molecule has 1 aromatic heterocycles. The Labute approximate surface area is 147 Å². The Kier molecular flexibility index (Phi) is 3.14. The van der Waals surface area contributed by atoms with Crippen molar-refractivity contribution in [2.75, 3.05) is 17.4 Å². The highest BCUT2D eigenvalue weighted by molar-refractivity contribution is 7.14. The minimum Gasteiger partial charge on any atom is -0.454 e. The molecule has 0 radical (unpaired) electrons. The van der Waals surface area contributed by atoms with Crippen molar-refractivity contribution in [3.8, 4) is 22.8 Å². The molecule has 0 saturated heterocycles. The first kappa shape index (κ1) is 14.3. The fraction of sp³-hybridized carbons (Fsp3) is 0.111. The molecule has 7 heteroatoms. The smallest absolute Gasteiger partial charge is 0.231 e. The Morgan fingerprint density at radius 3 is 3.00 bits per heavy atom. The van der Waals surface area contributed by atoms with Gasteiger partial charge in [0.2, 0.25) is 12.7 Å². The number of benzene rings is 2. The number of ether oxygens (including phenoxy) is 2. The number of carbonyl (C=O) groups is 1. The number of anilines is 3. The molecule has 1 amide bonds. The van der Waals surface area contributed by atoms with Crippen LogP contribution >= 0.6 is 11.3 Å². The SMILES string of the molecule is O=C1Cc2cc(-c3csc(Nc4ccc5c(c4)OCO5)n3)ccc2N1. The first-order valence-electron chi connectivity index (χ1n) is 7.80. The number of fused-ring (bicyclic) bond motifs is 2. The van der Waals surface area contributed by atoms with E-state index in [1.165, 1.54) is 11.3 Å². The van der Waals surface area contributed by atoms with Gasteiger partial charge >= 0.3 is 0 Å². The Balaban J connectivity index is 1.39. The molecular weight excluding hydrogens is 338 g/mol. The second-order valence-electron chi connectivity index (χ2n) is 5.83. The van der Waals surface area contributed by atoms with Gasteiger partial charge in [-0.25, -0.2) is 4.98 Å². The van der Waals surface area contributed by atoms with E-state index in [0.717, 1.165) is 44.8 Å². The van der Waals surface area contributed by atoms with Crippen LogP contribution < -0.4 is 20.1 Å². The second-order valence-corrected chi connectivity index (χ2v) is 6.69. The van der Waals surface area contributed by atoms with Crippen molar-refractivity contribution in [1.82, 2.24) is 4.98 Å². The van der Waals surface area contributed by atoms with Crippen molar-refractivity contribution in [1.29, 1.82) is 0 Å². The molecule has 2 aromatic carbocycles. The summed E-state index contributed by atoms with van der Waals surface area (Å²) in [5.41, 5.74) is 4.69. The van der Waals surface area contributed by atoms with Crippen molar-refractivity contribution in [2.24, 2.45) is 0 Å². The molecule has 0 spiro atoms. The molecule has 124 valence electrons. The summed E-state index contributed by atoms with van der Waals surface area (Å²) in [4.78, 5) is 16.1. The molecule has 0 unspecified atom stereocenters. The minimum absolute atomic E-state index is 0.0376. The van der Waals surface area contributed by atoms with E-state index in [2.05, 4.69) is 15.6 Å². The standard InChI is InChI=1S/C18H13N3O3S/c22-17-6-11-5-10(1-3-13(11)20-17)14-8-25-18(21-14)19-12-2-4-15-16(7-12)24-9-23-15/h1-5,7-8H,6,9H2,(H,19,21)(H,20,22). The monoisotopic (exact) mass is 351 g/mol. The number of carbonyl (C=O) groups excluding carboxylic acids is 1. The number of amides is 1. The van der Waals surface area contributed by atoms with Gasteiger partial charge in [-0.05, 0) is 29.8 Å². The maximum absolute atomic E-state index is 11.5. The number of rotatable bonds is 3. The van der Waals surface area contributed by atoms with Gasteiger partial charge in [-0.1, -0.05) is 6.07 Å². The molecule has 0 bridgehead atoms. The first-order chi connectivity index (χ1) is 12.2. The van der Waals surface area contributed by atoms with Crippen LogP contribution in [0.3, 0.4) is 0 Å². The van der Waals surface area contributed by atoms with Crippen molar-refractivity contribution in [3.05, 3.63) is 47.3 Å². The molecule has 0 saturated carbocycles. The summed E-state index contributed by atoms with van der Waals surface area (Å²) in [5, 5.41) is 8.93. The quantitative estimate of drug-likeness (QED) is 0.751. The van der Waals surface area contributed by atoms with Crippen LogP contribution in [0.25, 0.3) is 11.3 Å². The maximum Gasteiger partial charge on any atom is 0.231 e. The van der Waals surface area contributed by atoms with Gasteiger partial charge in [0, 0.05) is 28.4 Å². The highest BCUT2D eigenvalue weighted by Gasteiger charge is 2.18. The molecule has 0 atom stereocenters. The zero-order chi connectivity index (χ0) is 16.8. The molecule has 6 nitrogen and oxygen atoms in total. The van der Waals surface area contributed by atoms with E-state index in [9.17, 15) is 4.79 Å². The normalized spacial score (nSPS) is 14.3. The predicted molar refractivity (Wildman–Crippen MR) is 95.7 cm³/mol. The topological polar surface area (TPSA) is 72.5 Å². The Bertz CT molecular complexity index is 999. The summed E-state index contributed by atoms with van der Waals surface area (Å²) in [7, 11) is 0. The van der Waals surface area contributed by atoms with Crippen LogP contribution in [0.15, 0.2) is 41.8 Å². The van der Waals surface area contributed by atoms with E-state index in [-0.39, 0.29) is 12.7 Å². The van der Waals surface area contributed by atoms with E-state index in [4.69, 9.17) is 9.47 Å². The summed E-state index contributed by atoms with van der Waals surface area (Å²) in [6, 6.07) is 11.6. The van der Waals surface area contributed by atoms with Crippen molar-refractivity contribution < 1.29 is 14.3 Å². The fourth-order valence-corrected chi connectivity index (χ4v) is 3.69. The molecule has 2 aliphatic rings. The predicted octanol–water partition coefficient (Wildman–Crippen LogP) is 3.78. The number of thiazole rings is 1. The summed E-state index contributed by atoms with van der Waals surface area (Å²) in [6.45, 7) is 0.260. The lowest BCUT2D eigenvalue weighted by Crippen LogP contribution is -2.03. The lowest BCUT2D eigenvalue weighted by molar-refractivity contribution is -0.115. The van der Waals surface area contributed by atoms with Gasteiger partial charge in [-0.3, -0.25) is 4.79 Å². The summed E-state index contributed by atoms with van der Waals surface area (Å²) in [5.74, 6) is 1.53. The van der Waals surface area contributed by atoms with E-state index < -0.39 is 0 Å². The molecule has 3 aromatic rings. The van der Waals surface area contributed by atoms with Crippen molar-refractivity contribution >= 4 is 33.8 Å². The molecule has 0 fully saturated rings. The second kappa shape index (κ2) is 5.49. The van der Waals surface area contributed by atoms with Crippen LogP contribution in [0, 0.1) is 0 Å². The van der Waals surface area contributed by atoms with E-state index in [0.29, 0.717) is 6.42 Å². The third-order valence-electron chi connectivity index (χ3n) is 4.15. The highest BCUT2D eigenvalue weighted by Crippen LogP contribution is 2.36. The van der Waals surface area contributed by atoms with Crippen LogP contribution in [0.5, 0.6) is 11.5 Å². The first-order valence-corrected chi connectivity index (χ1v) is 8.68. The van der Waals surface area contributed by atoms with Crippen molar-refractivity contribution in [3.63, 3.8) is 0 Å². The van der Waals surface area contributed by atoms with Gasteiger partial charge in [0.25, 0.3) is 0 Å². The zero-order valence-electron chi connectivity index (χ0n) is 13.0. The number of hydrogen-bond acceptors (Lipinski definition) is 6. The van der Waals surface area contributed by atoms with E-state index >= 15 is 0 Å². The van der Waals surface area contributed by atoms with Gasteiger partial charge in [-0.2, -0.15) is 0 Å². The Hall–Kier alpha value is -3.06. The van der Waals surface area contributed by atoms with Crippen LogP contribution in [-0.4, -0.2) is 17.7 Å². The van der Waals surface area contributed by atoms with Gasteiger partial charge in [-0.15, -0.1) is 11.3 Å². The molecule has 0 aliphatic carbocycles. The van der Waals surface area contributed by atoms with Crippen molar-refractivity contribution in [2.45, 2.75) is 6.42 Å². The van der Waals surface area contributed by atoms with Gasteiger partial charge < -0.3 is 20.1 Å². The number of nitrogens with one attached hydrogen (secondary N) is 2. The third kappa shape index (κ3) is 2.58. The lowest BCUT2D eigenvalue weighted by Gasteiger charge is -2.04. The minimum atomic E-state index is 0.0376. The third-order valence-corrected chi connectivity index (χ3v) is 4.91. The van der Waals surface area contributed by atoms with Crippen LogP contribution in [0.2, 0.25) is 0 Å². The summed E-state index contributed by atoms with van der Waals surface area (Å²) in [6.07, 6.45) is 0.426. The largest absolute Gasteiger partial charge is 0.454 e. The molecule has 2 aliphatic heterocycles. The Morgan fingerprint density at radius 1 is 1.12 bits per heavy atom. The van der Waals surface area contributed by atoms with E-state index in [1.807, 2.05) is 41.8 Å². The summed E-state index contributed by atoms with van der Waals surface area (Å²) >= 11 is 1.53. The molecular formula is C18H13N3O3S. The van der Waals surface area contributed by atoms with Crippen LogP contribution in [-0.2, 0) is 11.2 Å². The average Bonchev–Trinajstić information content (AvgIpc) is 3.32. The van der Waals surface area contributed by atoms with Gasteiger partial charge in [0.15, 0.2) is 16.6 Å². The van der Waals surface area contributed by atoms with Crippen LogP contribution in [0.4, 0.5) is 16.5 Å². The van der Waals surface area contributed by atoms with Gasteiger partial charge in [0.05, 0.1) is 12.1 Å². The van der Waals surface area contributed by atoms with E-state index in [1.54, 1.807) is 0 Å². The van der Waals surface area contributed by atoms with Gasteiger partial charge in [0.1, 0.15) is 0 Å². The molecule has 2 N–H and O–H groups in total. The Morgan fingerprint density at radius 2 is 2.04 bits per heavy atom.